The van der Waals surface area contributed by atoms with Gasteiger partial charge in [-0.25, -0.2) is 0 Å². The third-order valence-corrected chi connectivity index (χ3v) is 4.71. The van der Waals surface area contributed by atoms with Gasteiger partial charge in [-0.3, -0.25) is 19.3 Å². The van der Waals surface area contributed by atoms with Crippen LogP contribution >= 0.6 is 0 Å². The number of imide groups is 1. The number of primary amides is 1. The Balaban J connectivity index is 1.76. The highest BCUT2D eigenvalue weighted by atomic mass is 16.2. The second-order valence-corrected chi connectivity index (χ2v) is 6.65. The molecule has 6 heteroatoms. The van der Waals surface area contributed by atoms with Crippen LogP contribution in [0.1, 0.15) is 36.6 Å². The maximum absolute atomic E-state index is 12.6. The summed E-state index contributed by atoms with van der Waals surface area (Å²) in [5, 5.41) is 0. The van der Waals surface area contributed by atoms with Crippen LogP contribution in [-0.2, 0) is 6.42 Å². The Kier molecular flexibility index (Phi) is 4.86. The molecule has 2 aromatic rings. The summed E-state index contributed by atoms with van der Waals surface area (Å²) in [4.78, 5) is 39.6. The molecule has 0 fully saturated rings. The van der Waals surface area contributed by atoms with Gasteiger partial charge in [-0.05, 0) is 50.3 Å². The molecule has 26 heavy (non-hydrogen) atoms. The van der Waals surface area contributed by atoms with Crippen molar-refractivity contribution in [3.05, 3.63) is 70.8 Å². The number of fused-ring (bicyclic) bond motifs is 1. The van der Waals surface area contributed by atoms with E-state index in [2.05, 4.69) is 0 Å². The van der Waals surface area contributed by atoms with Crippen LogP contribution in [0.2, 0.25) is 0 Å². The van der Waals surface area contributed by atoms with E-state index >= 15 is 0 Å². The van der Waals surface area contributed by atoms with E-state index in [-0.39, 0.29) is 17.9 Å². The van der Waals surface area contributed by atoms with Gasteiger partial charge in [-0.2, -0.15) is 0 Å². The smallest absolute Gasteiger partial charge is 0.261 e. The average Bonchev–Trinajstić information content (AvgIpc) is 2.86. The monoisotopic (exact) mass is 351 g/mol. The van der Waals surface area contributed by atoms with Gasteiger partial charge in [0, 0.05) is 18.2 Å². The third kappa shape index (κ3) is 3.36. The fourth-order valence-corrected chi connectivity index (χ4v) is 3.10. The predicted octanol–water partition coefficient (Wildman–Crippen LogP) is 1.55. The summed E-state index contributed by atoms with van der Waals surface area (Å²) in [5.41, 5.74) is 7.64. The predicted molar refractivity (Wildman–Crippen MR) is 97.9 cm³/mol. The molecule has 3 rings (SSSR count). The molecule has 1 heterocycles. The number of rotatable bonds is 6. The summed E-state index contributed by atoms with van der Waals surface area (Å²) in [7, 11) is 3.83. The topological polar surface area (TPSA) is 83.7 Å². The van der Waals surface area contributed by atoms with Crippen molar-refractivity contribution in [2.75, 3.05) is 20.6 Å². The van der Waals surface area contributed by atoms with E-state index in [1.165, 1.54) is 4.90 Å². The van der Waals surface area contributed by atoms with Gasteiger partial charge < -0.3 is 10.6 Å². The molecule has 134 valence electrons. The number of hydrogen-bond donors (Lipinski definition) is 1. The van der Waals surface area contributed by atoms with E-state index in [1.54, 1.807) is 36.4 Å². The number of hydrogen-bond acceptors (Lipinski definition) is 4. The first kappa shape index (κ1) is 17.8. The van der Waals surface area contributed by atoms with Crippen LogP contribution in [0.4, 0.5) is 0 Å². The Morgan fingerprint density at radius 3 is 2.00 bits per heavy atom. The highest BCUT2D eigenvalue weighted by molar-refractivity contribution is 6.21. The first-order valence-corrected chi connectivity index (χ1v) is 8.39. The minimum Gasteiger partial charge on any atom is -0.366 e. The highest BCUT2D eigenvalue weighted by Gasteiger charge is 2.36. The lowest BCUT2D eigenvalue weighted by Crippen LogP contribution is -2.44. The van der Waals surface area contributed by atoms with Crippen LogP contribution in [0.15, 0.2) is 48.5 Å². The molecule has 6 nitrogen and oxygen atoms in total. The van der Waals surface area contributed by atoms with Crippen molar-refractivity contribution >= 4 is 17.7 Å². The van der Waals surface area contributed by atoms with Crippen LogP contribution in [0.5, 0.6) is 0 Å². The maximum Gasteiger partial charge on any atom is 0.261 e. The molecule has 0 saturated carbocycles. The summed E-state index contributed by atoms with van der Waals surface area (Å²) in [6, 6.07) is 13.9. The van der Waals surface area contributed by atoms with Crippen LogP contribution < -0.4 is 5.73 Å². The van der Waals surface area contributed by atoms with Crippen molar-refractivity contribution in [1.29, 1.82) is 0 Å². The normalized spacial score (nSPS) is 14.7. The Morgan fingerprint density at radius 2 is 1.54 bits per heavy atom. The first-order chi connectivity index (χ1) is 12.4. The van der Waals surface area contributed by atoms with Gasteiger partial charge in [0.05, 0.1) is 11.1 Å². The van der Waals surface area contributed by atoms with E-state index in [4.69, 9.17) is 5.73 Å². The van der Waals surface area contributed by atoms with Gasteiger partial charge in [-0.1, -0.05) is 24.3 Å². The lowest BCUT2D eigenvalue weighted by Gasteiger charge is -2.28. The Morgan fingerprint density at radius 1 is 1.00 bits per heavy atom. The summed E-state index contributed by atoms with van der Waals surface area (Å²) in [6.07, 6.45) is 0.638. The zero-order chi connectivity index (χ0) is 18.8. The minimum absolute atomic E-state index is 0.0448. The van der Waals surface area contributed by atoms with E-state index in [9.17, 15) is 14.4 Å². The Bertz CT molecular complexity index is 824. The van der Waals surface area contributed by atoms with Crippen molar-refractivity contribution in [3.8, 4) is 0 Å². The molecule has 2 N–H and O–H groups in total. The minimum atomic E-state index is -0.466. The van der Waals surface area contributed by atoms with Crippen LogP contribution in [0.25, 0.3) is 0 Å². The molecule has 0 spiro atoms. The quantitative estimate of drug-likeness (QED) is 0.801. The standard InChI is InChI=1S/C20H21N3O3/c1-22(2)15(11-13-7-9-14(10-8-13)18(21)24)12-23-19(25)16-5-3-4-6-17(16)20(23)26/h3-10,15H,11-12H2,1-2H3,(H2,21,24)/t15-/m0/s1. The molecule has 0 aliphatic carbocycles. The summed E-state index contributed by atoms with van der Waals surface area (Å²) < 4.78 is 0. The van der Waals surface area contributed by atoms with Gasteiger partial charge >= 0.3 is 0 Å². The number of nitrogens with two attached hydrogens (primary N) is 1. The molecular formula is C20H21N3O3. The molecular weight excluding hydrogens is 330 g/mol. The summed E-state index contributed by atoms with van der Waals surface area (Å²) >= 11 is 0. The molecule has 0 bridgehead atoms. The number of amides is 3. The van der Waals surface area contributed by atoms with Crippen molar-refractivity contribution in [3.63, 3.8) is 0 Å². The maximum atomic E-state index is 12.6. The number of carbonyl (C=O) groups excluding carboxylic acids is 3. The molecule has 0 aromatic heterocycles. The van der Waals surface area contributed by atoms with Crippen molar-refractivity contribution in [1.82, 2.24) is 9.80 Å². The zero-order valence-corrected chi connectivity index (χ0v) is 14.8. The lowest BCUT2D eigenvalue weighted by molar-refractivity contribution is 0.0611. The fraction of sp³-hybridized carbons (Fsp3) is 0.250. The molecule has 1 aliphatic heterocycles. The van der Waals surface area contributed by atoms with E-state index < -0.39 is 5.91 Å². The first-order valence-electron chi connectivity index (χ1n) is 8.39. The van der Waals surface area contributed by atoms with Crippen LogP contribution in [0.3, 0.4) is 0 Å². The zero-order valence-electron chi connectivity index (χ0n) is 14.8. The molecule has 1 aliphatic rings. The van der Waals surface area contributed by atoms with Crippen molar-refractivity contribution in [2.24, 2.45) is 5.73 Å². The largest absolute Gasteiger partial charge is 0.366 e. The van der Waals surface area contributed by atoms with Crippen LogP contribution in [-0.4, -0.2) is 54.2 Å². The summed E-state index contributed by atoms with van der Waals surface area (Å²) in [6.45, 7) is 0.302. The molecule has 0 saturated heterocycles. The third-order valence-electron chi connectivity index (χ3n) is 4.71. The number of carbonyl (C=O) groups is 3. The second-order valence-electron chi connectivity index (χ2n) is 6.65. The number of nitrogens with zero attached hydrogens (tertiary/aromatic N) is 2. The van der Waals surface area contributed by atoms with Gasteiger partial charge in [0.25, 0.3) is 11.8 Å². The lowest BCUT2D eigenvalue weighted by atomic mass is 10.0. The molecule has 1 atom stereocenters. The van der Waals surface area contributed by atoms with Gasteiger partial charge in [0.1, 0.15) is 0 Å². The van der Waals surface area contributed by atoms with E-state index in [1.807, 2.05) is 31.1 Å². The molecule has 0 unspecified atom stereocenters. The van der Waals surface area contributed by atoms with Crippen molar-refractivity contribution < 1.29 is 14.4 Å². The van der Waals surface area contributed by atoms with Crippen molar-refractivity contribution in [2.45, 2.75) is 12.5 Å². The van der Waals surface area contributed by atoms with Gasteiger partial charge in [-0.15, -0.1) is 0 Å². The van der Waals surface area contributed by atoms with E-state index in [0.717, 1.165) is 5.56 Å². The number of benzene rings is 2. The van der Waals surface area contributed by atoms with Gasteiger partial charge in [0.2, 0.25) is 5.91 Å². The molecule has 3 amide bonds. The second kappa shape index (κ2) is 7.09. The van der Waals surface area contributed by atoms with Gasteiger partial charge in [0.15, 0.2) is 0 Å². The van der Waals surface area contributed by atoms with E-state index in [0.29, 0.717) is 29.7 Å². The summed E-state index contributed by atoms with van der Waals surface area (Å²) in [5.74, 6) is -0.963. The highest BCUT2D eigenvalue weighted by Crippen LogP contribution is 2.23. The SMILES string of the molecule is CN(C)[C@@H](Cc1ccc(C(N)=O)cc1)CN1C(=O)c2ccccc2C1=O. The number of likely N-dealkylation sites (N-methyl/N-ethyl adjacent to an activating group) is 1. The van der Waals surface area contributed by atoms with Crippen LogP contribution in [0, 0.1) is 0 Å². The average molecular weight is 351 g/mol. The fourth-order valence-electron chi connectivity index (χ4n) is 3.10. The Labute approximate surface area is 152 Å². The molecule has 0 radical (unpaired) electrons. The Hall–Kier alpha value is -2.99. The molecule has 2 aromatic carbocycles.